The summed E-state index contributed by atoms with van der Waals surface area (Å²) in [6.45, 7) is 2.05. The Morgan fingerprint density at radius 1 is 1.58 bits per heavy atom. The van der Waals surface area contributed by atoms with Gasteiger partial charge in [0.1, 0.15) is 5.65 Å². The van der Waals surface area contributed by atoms with E-state index in [4.69, 9.17) is 0 Å². The number of H-pyrrole nitrogens is 1. The van der Waals surface area contributed by atoms with Crippen LogP contribution in [0.5, 0.6) is 0 Å². The summed E-state index contributed by atoms with van der Waals surface area (Å²) in [4.78, 5) is 7.30. The van der Waals surface area contributed by atoms with E-state index in [9.17, 15) is 0 Å². The van der Waals surface area contributed by atoms with Gasteiger partial charge in [-0.05, 0) is 24.6 Å². The van der Waals surface area contributed by atoms with E-state index in [1.807, 2.05) is 12.3 Å². The van der Waals surface area contributed by atoms with Crippen LogP contribution in [-0.4, -0.2) is 9.97 Å². The maximum atomic E-state index is 4.38. The second-order valence-corrected chi connectivity index (χ2v) is 3.59. The average Bonchev–Trinajstić information content (AvgIpc) is 2.47. The minimum absolute atomic E-state index is 0.253. The third kappa shape index (κ3) is 1.10. The summed E-state index contributed by atoms with van der Waals surface area (Å²) >= 11 is 4.38. The lowest BCUT2D eigenvalue weighted by Gasteiger charge is -1.99. The van der Waals surface area contributed by atoms with Crippen LogP contribution in [0.3, 0.4) is 0 Å². The monoisotopic (exact) mass is 178 g/mol. The van der Waals surface area contributed by atoms with Gasteiger partial charge in [0.25, 0.3) is 0 Å². The van der Waals surface area contributed by atoms with Crippen molar-refractivity contribution in [2.24, 2.45) is 0 Å². The SMILES string of the molecule is CC(S)c1c[nH]c2ncccc12. The lowest BCUT2D eigenvalue weighted by Crippen LogP contribution is -1.80. The third-order valence-electron chi connectivity index (χ3n) is 1.93. The smallest absolute Gasteiger partial charge is 0.137 e. The van der Waals surface area contributed by atoms with E-state index in [-0.39, 0.29) is 5.25 Å². The number of hydrogen-bond donors (Lipinski definition) is 2. The molecule has 2 heterocycles. The van der Waals surface area contributed by atoms with Crippen molar-refractivity contribution in [2.45, 2.75) is 12.2 Å². The molecule has 0 aliphatic rings. The maximum Gasteiger partial charge on any atom is 0.137 e. The van der Waals surface area contributed by atoms with E-state index in [0.29, 0.717) is 0 Å². The zero-order valence-electron chi connectivity index (χ0n) is 6.78. The van der Waals surface area contributed by atoms with Crippen LogP contribution in [-0.2, 0) is 0 Å². The third-order valence-corrected chi connectivity index (χ3v) is 2.21. The first-order valence-corrected chi connectivity index (χ1v) is 4.41. The Balaban J connectivity index is 2.70. The summed E-state index contributed by atoms with van der Waals surface area (Å²) in [5.74, 6) is 0. The van der Waals surface area contributed by atoms with E-state index in [2.05, 4.69) is 35.6 Å². The number of aromatic nitrogens is 2. The molecule has 2 rings (SSSR count). The van der Waals surface area contributed by atoms with E-state index in [0.717, 1.165) is 5.65 Å². The van der Waals surface area contributed by atoms with Gasteiger partial charge in [-0.25, -0.2) is 4.98 Å². The van der Waals surface area contributed by atoms with Gasteiger partial charge in [-0.15, -0.1) is 0 Å². The van der Waals surface area contributed by atoms with E-state index in [1.54, 1.807) is 6.20 Å². The van der Waals surface area contributed by atoms with Crippen molar-refractivity contribution in [3.8, 4) is 0 Å². The molecule has 0 aliphatic heterocycles. The summed E-state index contributed by atoms with van der Waals surface area (Å²) < 4.78 is 0. The normalized spacial score (nSPS) is 13.5. The predicted molar refractivity (Wildman–Crippen MR) is 53.5 cm³/mol. The van der Waals surface area contributed by atoms with Crippen molar-refractivity contribution < 1.29 is 0 Å². The van der Waals surface area contributed by atoms with Crippen LogP contribution in [0.4, 0.5) is 0 Å². The van der Waals surface area contributed by atoms with Crippen molar-refractivity contribution >= 4 is 23.7 Å². The van der Waals surface area contributed by atoms with E-state index >= 15 is 0 Å². The highest BCUT2D eigenvalue weighted by Gasteiger charge is 2.06. The largest absolute Gasteiger partial charge is 0.346 e. The van der Waals surface area contributed by atoms with Gasteiger partial charge in [-0.1, -0.05) is 0 Å². The van der Waals surface area contributed by atoms with Crippen molar-refractivity contribution in [3.05, 3.63) is 30.1 Å². The fourth-order valence-electron chi connectivity index (χ4n) is 1.32. The van der Waals surface area contributed by atoms with Crippen LogP contribution in [0.25, 0.3) is 11.0 Å². The minimum Gasteiger partial charge on any atom is -0.346 e. The molecule has 0 fully saturated rings. The van der Waals surface area contributed by atoms with Crippen molar-refractivity contribution in [2.75, 3.05) is 0 Å². The standard InChI is InChI=1S/C9H10N2S/c1-6(12)8-5-11-9-7(8)3-2-4-10-9/h2-6,12H,1H3,(H,10,11). The van der Waals surface area contributed by atoms with Crippen LogP contribution in [0.1, 0.15) is 17.7 Å². The molecule has 0 saturated carbocycles. The number of thiol groups is 1. The second kappa shape index (κ2) is 2.83. The number of nitrogens with zero attached hydrogens (tertiary/aromatic N) is 1. The highest BCUT2D eigenvalue weighted by Crippen LogP contribution is 2.25. The Morgan fingerprint density at radius 3 is 3.17 bits per heavy atom. The summed E-state index contributed by atoms with van der Waals surface area (Å²) in [6.07, 6.45) is 3.75. The molecular weight excluding hydrogens is 168 g/mol. The Bertz CT molecular complexity index is 392. The topological polar surface area (TPSA) is 28.7 Å². The average molecular weight is 178 g/mol. The molecule has 3 heteroatoms. The Hall–Kier alpha value is -0.960. The first-order valence-electron chi connectivity index (χ1n) is 3.89. The van der Waals surface area contributed by atoms with Gasteiger partial charge in [0, 0.05) is 23.0 Å². The van der Waals surface area contributed by atoms with Gasteiger partial charge in [-0.2, -0.15) is 12.6 Å². The predicted octanol–water partition coefficient (Wildman–Crippen LogP) is 2.55. The minimum atomic E-state index is 0.253. The fraction of sp³-hybridized carbons (Fsp3) is 0.222. The Labute approximate surface area is 76.4 Å². The molecule has 0 saturated heterocycles. The lowest BCUT2D eigenvalue weighted by molar-refractivity contribution is 1.13. The first-order chi connectivity index (χ1) is 5.79. The summed E-state index contributed by atoms with van der Waals surface area (Å²) in [5, 5.41) is 1.42. The zero-order valence-corrected chi connectivity index (χ0v) is 7.68. The molecule has 0 aromatic carbocycles. The molecule has 0 spiro atoms. The number of hydrogen-bond acceptors (Lipinski definition) is 2. The highest BCUT2D eigenvalue weighted by atomic mass is 32.1. The van der Waals surface area contributed by atoms with Crippen LogP contribution in [0.2, 0.25) is 0 Å². The van der Waals surface area contributed by atoms with Gasteiger partial charge >= 0.3 is 0 Å². The molecule has 0 bridgehead atoms. The maximum absolute atomic E-state index is 4.38. The molecule has 0 amide bonds. The van der Waals surface area contributed by atoms with Gasteiger partial charge in [0.05, 0.1) is 0 Å². The molecule has 2 aromatic rings. The number of aromatic amines is 1. The quantitative estimate of drug-likeness (QED) is 0.645. The number of rotatable bonds is 1. The molecule has 2 nitrogen and oxygen atoms in total. The van der Waals surface area contributed by atoms with Crippen LogP contribution >= 0.6 is 12.6 Å². The van der Waals surface area contributed by atoms with E-state index in [1.165, 1.54) is 10.9 Å². The molecule has 1 N–H and O–H groups in total. The Kier molecular flexibility index (Phi) is 1.81. The number of pyridine rings is 1. The molecule has 62 valence electrons. The highest BCUT2D eigenvalue weighted by molar-refractivity contribution is 7.80. The summed E-state index contributed by atoms with van der Waals surface area (Å²) in [7, 11) is 0. The molecule has 12 heavy (non-hydrogen) atoms. The lowest BCUT2D eigenvalue weighted by atomic mass is 10.2. The summed E-state index contributed by atoms with van der Waals surface area (Å²) in [6, 6.07) is 4.00. The van der Waals surface area contributed by atoms with Crippen molar-refractivity contribution in [1.82, 2.24) is 9.97 Å². The second-order valence-electron chi connectivity index (χ2n) is 2.82. The molecule has 0 radical (unpaired) electrons. The van der Waals surface area contributed by atoms with E-state index < -0.39 is 0 Å². The van der Waals surface area contributed by atoms with Crippen molar-refractivity contribution in [1.29, 1.82) is 0 Å². The van der Waals surface area contributed by atoms with Crippen molar-refractivity contribution in [3.63, 3.8) is 0 Å². The number of nitrogens with one attached hydrogen (secondary N) is 1. The molecule has 1 atom stereocenters. The fourth-order valence-corrected chi connectivity index (χ4v) is 1.54. The van der Waals surface area contributed by atoms with Gasteiger partial charge in [0.2, 0.25) is 0 Å². The molecule has 0 aliphatic carbocycles. The number of fused-ring (bicyclic) bond motifs is 1. The Morgan fingerprint density at radius 2 is 2.42 bits per heavy atom. The van der Waals surface area contributed by atoms with Crippen LogP contribution < -0.4 is 0 Å². The van der Waals surface area contributed by atoms with Gasteiger partial charge in [0.15, 0.2) is 0 Å². The molecule has 1 unspecified atom stereocenters. The van der Waals surface area contributed by atoms with Crippen LogP contribution in [0, 0.1) is 0 Å². The summed E-state index contributed by atoms with van der Waals surface area (Å²) in [5.41, 5.74) is 2.15. The van der Waals surface area contributed by atoms with Gasteiger partial charge in [-0.3, -0.25) is 0 Å². The zero-order chi connectivity index (χ0) is 8.55. The first kappa shape index (κ1) is 7.68. The molecule has 2 aromatic heterocycles. The van der Waals surface area contributed by atoms with Crippen LogP contribution in [0.15, 0.2) is 24.5 Å². The van der Waals surface area contributed by atoms with Gasteiger partial charge < -0.3 is 4.98 Å². The molecular formula is C9H10N2S.